The lowest BCUT2D eigenvalue weighted by atomic mass is 10.0. The molecular formula is C22H22F3N5O3. The maximum atomic E-state index is 13.1. The van der Waals surface area contributed by atoms with Crippen LogP contribution in [-0.2, 0) is 6.18 Å². The number of rotatable bonds is 6. The molecule has 1 saturated carbocycles. The number of alkyl halides is 3. The Kier molecular flexibility index (Phi) is 5.81. The first-order valence-corrected chi connectivity index (χ1v) is 10.5. The van der Waals surface area contributed by atoms with E-state index in [-0.39, 0.29) is 29.1 Å². The summed E-state index contributed by atoms with van der Waals surface area (Å²) in [4.78, 5) is 29.9. The summed E-state index contributed by atoms with van der Waals surface area (Å²) in [6, 6.07) is 4.98. The molecule has 1 aliphatic rings. The van der Waals surface area contributed by atoms with Crippen LogP contribution in [0.5, 0.6) is 0 Å². The summed E-state index contributed by atoms with van der Waals surface area (Å²) in [5, 5.41) is 10.7. The van der Waals surface area contributed by atoms with Crippen LogP contribution in [-0.4, -0.2) is 25.8 Å². The van der Waals surface area contributed by atoms with Crippen LogP contribution in [0.2, 0.25) is 0 Å². The molecule has 174 valence electrons. The van der Waals surface area contributed by atoms with Gasteiger partial charge in [0.2, 0.25) is 11.3 Å². The molecule has 0 aliphatic heterocycles. The smallest absolute Gasteiger partial charge is 0.338 e. The summed E-state index contributed by atoms with van der Waals surface area (Å²) in [7, 11) is 0. The SMILES string of the molecule is Cc1cc(=O)c(C(=O)NC(c2nc(C3CC3)no2)C(C)C)nn1-c1cccc(C(F)(F)F)c1. The highest BCUT2D eigenvalue weighted by Crippen LogP contribution is 2.38. The van der Waals surface area contributed by atoms with E-state index in [0.29, 0.717) is 5.82 Å². The Hall–Kier alpha value is -3.50. The highest BCUT2D eigenvalue weighted by molar-refractivity contribution is 5.92. The van der Waals surface area contributed by atoms with E-state index in [1.165, 1.54) is 19.1 Å². The molecule has 0 bridgehead atoms. The first-order chi connectivity index (χ1) is 15.5. The molecule has 0 saturated heterocycles. The number of amides is 1. The average molecular weight is 461 g/mol. The Labute approximate surface area is 186 Å². The number of carbonyl (C=O) groups excluding carboxylic acids is 1. The Morgan fingerprint density at radius 1 is 1.24 bits per heavy atom. The zero-order valence-corrected chi connectivity index (χ0v) is 18.2. The summed E-state index contributed by atoms with van der Waals surface area (Å²) in [6.07, 6.45) is -2.57. The lowest BCUT2D eigenvalue weighted by Crippen LogP contribution is -2.36. The number of halogens is 3. The topological polar surface area (TPSA) is 103 Å². The number of aryl methyl sites for hydroxylation is 1. The van der Waals surface area contributed by atoms with Gasteiger partial charge in [0.15, 0.2) is 11.5 Å². The molecule has 1 fully saturated rings. The Morgan fingerprint density at radius 2 is 1.97 bits per heavy atom. The van der Waals surface area contributed by atoms with Gasteiger partial charge in [-0.2, -0.15) is 23.3 Å². The largest absolute Gasteiger partial charge is 0.416 e. The van der Waals surface area contributed by atoms with Crippen LogP contribution in [0, 0.1) is 12.8 Å². The van der Waals surface area contributed by atoms with Crippen molar-refractivity contribution in [2.24, 2.45) is 5.92 Å². The molecule has 1 atom stereocenters. The number of hydrogen-bond donors (Lipinski definition) is 1. The molecule has 2 aromatic heterocycles. The van der Waals surface area contributed by atoms with Gasteiger partial charge in [0.05, 0.1) is 11.3 Å². The Morgan fingerprint density at radius 3 is 2.61 bits per heavy atom. The van der Waals surface area contributed by atoms with E-state index in [4.69, 9.17) is 4.52 Å². The third-order valence-corrected chi connectivity index (χ3v) is 5.36. The lowest BCUT2D eigenvalue weighted by Gasteiger charge is -2.19. The predicted molar refractivity (Wildman–Crippen MR) is 111 cm³/mol. The first-order valence-electron chi connectivity index (χ1n) is 10.5. The normalized spacial score (nSPS) is 15.0. The third-order valence-electron chi connectivity index (χ3n) is 5.36. The highest BCUT2D eigenvalue weighted by atomic mass is 19.4. The van der Waals surface area contributed by atoms with E-state index in [9.17, 15) is 22.8 Å². The molecule has 11 heteroatoms. The van der Waals surface area contributed by atoms with Gasteiger partial charge in [0, 0.05) is 17.7 Å². The lowest BCUT2D eigenvalue weighted by molar-refractivity contribution is -0.137. The van der Waals surface area contributed by atoms with Crippen molar-refractivity contribution in [1.82, 2.24) is 25.2 Å². The Balaban J connectivity index is 1.65. The molecule has 4 rings (SSSR count). The third kappa shape index (κ3) is 4.81. The number of nitrogens with zero attached hydrogens (tertiary/aromatic N) is 4. The van der Waals surface area contributed by atoms with E-state index in [0.717, 1.165) is 35.7 Å². The summed E-state index contributed by atoms with van der Waals surface area (Å²) >= 11 is 0. The minimum Gasteiger partial charge on any atom is -0.338 e. The molecule has 1 amide bonds. The second kappa shape index (κ2) is 8.45. The maximum absolute atomic E-state index is 13.1. The van der Waals surface area contributed by atoms with E-state index in [2.05, 4.69) is 20.6 Å². The van der Waals surface area contributed by atoms with Crippen LogP contribution in [0.4, 0.5) is 13.2 Å². The molecule has 0 spiro atoms. The van der Waals surface area contributed by atoms with Crippen LogP contribution < -0.4 is 10.7 Å². The van der Waals surface area contributed by atoms with Crippen LogP contribution in [0.1, 0.15) is 72.1 Å². The molecule has 2 heterocycles. The van der Waals surface area contributed by atoms with E-state index in [1.807, 2.05) is 13.8 Å². The second-order valence-electron chi connectivity index (χ2n) is 8.42. The second-order valence-corrected chi connectivity index (χ2v) is 8.42. The minimum atomic E-state index is -4.54. The maximum Gasteiger partial charge on any atom is 0.416 e. The number of hydrogen-bond acceptors (Lipinski definition) is 6. The van der Waals surface area contributed by atoms with E-state index >= 15 is 0 Å². The molecule has 8 nitrogen and oxygen atoms in total. The Bertz CT molecular complexity index is 1240. The van der Waals surface area contributed by atoms with Crippen LogP contribution >= 0.6 is 0 Å². The monoisotopic (exact) mass is 461 g/mol. The zero-order chi connectivity index (χ0) is 23.9. The molecule has 1 N–H and O–H groups in total. The fourth-order valence-corrected chi connectivity index (χ4v) is 3.38. The van der Waals surface area contributed by atoms with Crippen molar-refractivity contribution in [3.8, 4) is 5.69 Å². The molecule has 1 aliphatic carbocycles. The van der Waals surface area contributed by atoms with Crippen LogP contribution in [0.3, 0.4) is 0 Å². The van der Waals surface area contributed by atoms with E-state index in [1.54, 1.807) is 0 Å². The van der Waals surface area contributed by atoms with Gasteiger partial charge in [-0.1, -0.05) is 25.1 Å². The van der Waals surface area contributed by atoms with Gasteiger partial charge in [0.25, 0.3) is 5.91 Å². The summed E-state index contributed by atoms with van der Waals surface area (Å²) in [6.45, 7) is 5.20. The quantitative estimate of drug-likeness (QED) is 0.596. The van der Waals surface area contributed by atoms with Gasteiger partial charge in [-0.3, -0.25) is 9.59 Å². The number of nitrogens with one attached hydrogen (secondary N) is 1. The van der Waals surface area contributed by atoms with Gasteiger partial charge >= 0.3 is 6.18 Å². The number of benzene rings is 1. The average Bonchev–Trinajstić information content (AvgIpc) is 3.48. The summed E-state index contributed by atoms with van der Waals surface area (Å²) in [5.41, 5.74) is -1.62. The molecule has 33 heavy (non-hydrogen) atoms. The molecule has 1 unspecified atom stereocenters. The van der Waals surface area contributed by atoms with Crippen molar-refractivity contribution >= 4 is 5.91 Å². The number of aromatic nitrogens is 4. The molecule has 1 aromatic carbocycles. The van der Waals surface area contributed by atoms with Gasteiger partial charge in [0.1, 0.15) is 6.04 Å². The van der Waals surface area contributed by atoms with Gasteiger partial charge in [-0.15, -0.1) is 0 Å². The molecular weight excluding hydrogens is 439 g/mol. The van der Waals surface area contributed by atoms with E-state index < -0.39 is 34.8 Å². The standard InChI is InChI=1S/C22H22F3N5O3/c1-11(2)17(21-27-19(29-33-21)13-7-8-13)26-20(32)18-16(31)9-12(3)30(28-18)15-6-4-5-14(10-15)22(23,24)25/h4-6,9-11,13,17H,7-8H2,1-3H3,(H,26,32). The van der Waals surface area contributed by atoms with Crippen molar-refractivity contribution < 1.29 is 22.5 Å². The van der Waals surface area contributed by atoms with Crippen LogP contribution in [0.15, 0.2) is 39.6 Å². The fourth-order valence-electron chi connectivity index (χ4n) is 3.38. The summed E-state index contributed by atoms with van der Waals surface area (Å²) in [5.74, 6) is 0.156. The van der Waals surface area contributed by atoms with Gasteiger partial charge in [-0.05, 0) is 43.9 Å². The summed E-state index contributed by atoms with van der Waals surface area (Å²) < 4.78 is 45.8. The number of carbonyl (C=O) groups is 1. The van der Waals surface area contributed by atoms with Crippen molar-refractivity contribution in [2.75, 3.05) is 0 Å². The van der Waals surface area contributed by atoms with Crippen molar-refractivity contribution in [3.05, 3.63) is 69.2 Å². The predicted octanol–water partition coefficient (Wildman–Crippen LogP) is 3.95. The van der Waals surface area contributed by atoms with Gasteiger partial charge in [-0.25, -0.2) is 4.68 Å². The van der Waals surface area contributed by atoms with Crippen molar-refractivity contribution in [3.63, 3.8) is 0 Å². The highest BCUT2D eigenvalue weighted by Gasteiger charge is 2.33. The fraction of sp³-hybridized carbons (Fsp3) is 0.409. The molecule has 0 radical (unpaired) electrons. The first kappa shape index (κ1) is 22.7. The zero-order valence-electron chi connectivity index (χ0n) is 18.2. The van der Waals surface area contributed by atoms with Crippen molar-refractivity contribution in [1.29, 1.82) is 0 Å². The minimum absolute atomic E-state index is 0.0720. The van der Waals surface area contributed by atoms with Gasteiger partial charge < -0.3 is 9.84 Å². The molecule has 3 aromatic rings. The van der Waals surface area contributed by atoms with Crippen molar-refractivity contribution in [2.45, 2.75) is 51.7 Å². The van der Waals surface area contributed by atoms with Crippen LogP contribution in [0.25, 0.3) is 5.69 Å².